The number of esters is 1. The van der Waals surface area contributed by atoms with Gasteiger partial charge in [-0.3, -0.25) is 4.79 Å². The Kier molecular flexibility index (Phi) is 6.79. The molecule has 1 saturated heterocycles. The first-order chi connectivity index (χ1) is 13.5. The molecule has 0 radical (unpaired) electrons. The molecule has 6 nitrogen and oxygen atoms in total. The summed E-state index contributed by atoms with van der Waals surface area (Å²) in [6.45, 7) is 7.56. The van der Waals surface area contributed by atoms with Crippen molar-refractivity contribution in [1.29, 1.82) is 5.26 Å². The maximum atomic E-state index is 14.3. The fraction of sp³-hybridized carbons (Fsp3) is 0.571. The average Bonchev–Trinajstić information content (AvgIpc) is 2.63. The molecule has 2 rings (SSSR count). The number of amides is 1. The van der Waals surface area contributed by atoms with Gasteiger partial charge >= 0.3 is 12.1 Å². The van der Waals surface area contributed by atoms with Gasteiger partial charge in [-0.05, 0) is 42.9 Å². The van der Waals surface area contributed by atoms with Crippen LogP contribution in [0.2, 0.25) is 5.02 Å². The van der Waals surface area contributed by atoms with Gasteiger partial charge in [0.05, 0.1) is 17.7 Å². The van der Waals surface area contributed by atoms with E-state index >= 15 is 0 Å². The summed E-state index contributed by atoms with van der Waals surface area (Å²) >= 11 is 5.84. The summed E-state index contributed by atoms with van der Waals surface area (Å²) < 4.78 is 19.5. The van der Waals surface area contributed by atoms with Crippen LogP contribution in [0, 0.1) is 28.5 Å². The van der Waals surface area contributed by atoms with E-state index in [9.17, 15) is 24.3 Å². The molecule has 1 aliphatic rings. The molecule has 1 aliphatic heterocycles. The first-order valence-corrected chi connectivity index (χ1v) is 9.87. The lowest BCUT2D eigenvalue weighted by Crippen LogP contribution is -2.58. The summed E-state index contributed by atoms with van der Waals surface area (Å²) in [7, 11) is 0. The van der Waals surface area contributed by atoms with Crippen molar-refractivity contribution in [3.63, 3.8) is 0 Å². The molecular weight excluding hydrogens is 399 g/mol. The maximum Gasteiger partial charge on any atom is 0.407 e. The van der Waals surface area contributed by atoms with Crippen molar-refractivity contribution in [2.75, 3.05) is 13.2 Å². The highest BCUT2D eigenvalue weighted by Crippen LogP contribution is 2.48. The first kappa shape index (κ1) is 23.0. The Morgan fingerprint density at radius 2 is 2.14 bits per heavy atom. The standard InChI is InChI=1S/C21H26ClFN2O4/c1-5-29-18(26)14(12-24)21(13-6-7-15(22)16(23)10-13)8-9-25(19(27)28)17(11-21)20(2,3)4/h6-7,10,14,17H,5,8-9,11H2,1-4H3,(H,27,28). The second kappa shape index (κ2) is 8.58. The quantitative estimate of drug-likeness (QED) is 0.713. The second-order valence-electron chi connectivity index (χ2n) is 8.41. The fourth-order valence-corrected chi connectivity index (χ4v) is 4.28. The number of halogens is 2. The van der Waals surface area contributed by atoms with Gasteiger partial charge in [0.1, 0.15) is 5.82 Å². The predicted molar refractivity (Wildman–Crippen MR) is 106 cm³/mol. The van der Waals surface area contributed by atoms with Crippen LogP contribution in [-0.2, 0) is 14.9 Å². The Bertz CT molecular complexity index is 833. The van der Waals surface area contributed by atoms with Crippen molar-refractivity contribution >= 4 is 23.7 Å². The van der Waals surface area contributed by atoms with Gasteiger partial charge in [0.2, 0.25) is 0 Å². The summed E-state index contributed by atoms with van der Waals surface area (Å²) in [6.07, 6.45) is -0.698. The zero-order valence-electron chi connectivity index (χ0n) is 17.0. The second-order valence-corrected chi connectivity index (χ2v) is 8.82. The zero-order valence-corrected chi connectivity index (χ0v) is 17.8. The Labute approximate surface area is 175 Å². The highest BCUT2D eigenvalue weighted by molar-refractivity contribution is 6.30. The molecule has 1 aromatic carbocycles. The van der Waals surface area contributed by atoms with E-state index in [1.54, 1.807) is 13.0 Å². The van der Waals surface area contributed by atoms with Crippen LogP contribution in [0.3, 0.4) is 0 Å². The molecule has 0 saturated carbocycles. The zero-order chi connectivity index (χ0) is 22.0. The first-order valence-electron chi connectivity index (χ1n) is 9.49. The third-order valence-corrected chi connectivity index (χ3v) is 5.98. The van der Waals surface area contributed by atoms with E-state index < -0.39 is 40.7 Å². The average molecular weight is 425 g/mol. The summed E-state index contributed by atoms with van der Waals surface area (Å²) in [5, 5.41) is 19.5. The van der Waals surface area contributed by atoms with Crippen molar-refractivity contribution in [3.05, 3.63) is 34.6 Å². The summed E-state index contributed by atoms with van der Waals surface area (Å²) in [5.41, 5.74) is -1.13. The third-order valence-electron chi connectivity index (χ3n) is 5.68. The number of likely N-dealkylation sites (tertiary alicyclic amines) is 1. The van der Waals surface area contributed by atoms with Crippen molar-refractivity contribution in [1.82, 2.24) is 4.90 Å². The minimum Gasteiger partial charge on any atom is -0.465 e. The lowest BCUT2D eigenvalue weighted by Gasteiger charge is -2.51. The molecule has 0 aliphatic carbocycles. The maximum absolute atomic E-state index is 14.3. The van der Waals surface area contributed by atoms with Gasteiger partial charge in [0.15, 0.2) is 5.92 Å². The number of nitriles is 1. The van der Waals surface area contributed by atoms with E-state index in [0.29, 0.717) is 5.56 Å². The molecule has 1 N–H and O–H groups in total. The summed E-state index contributed by atoms with van der Waals surface area (Å²) in [6, 6.07) is 5.79. The van der Waals surface area contributed by atoms with E-state index in [1.807, 2.05) is 26.8 Å². The topological polar surface area (TPSA) is 90.6 Å². The number of rotatable bonds is 4. The summed E-state index contributed by atoms with van der Waals surface area (Å²) in [4.78, 5) is 25.8. The van der Waals surface area contributed by atoms with Crippen molar-refractivity contribution in [3.8, 4) is 6.07 Å². The van der Waals surface area contributed by atoms with Crippen LogP contribution in [0.15, 0.2) is 18.2 Å². The molecule has 29 heavy (non-hydrogen) atoms. The summed E-state index contributed by atoms with van der Waals surface area (Å²) in [5.74, 6) is -2.55. The van der Waals surface area contributed by atoms with E-state index in [2.05, 4.69) is 0 Å². The van der Waals surface area contributed by atoms with Crippen LogP contribution in [-0.4, -0.2) is 41.3 Å². The van der Waals surface area contributed by atoms with E-state index in [1.165, 1.54) is 17.0 Å². The molecule has 158 valence electrons. The number of carbonyl (C=O) groups is 2. The largest absolute Gasteiger partial charge is 0.465 e. The van der Waals surface area contributed by atoms with Gasteiger partial charge in [-0.15, -0.1) is 0 Å². The number of ether oxygens (including phenoxy) is 1. The molecule has 1 fully saturated rings. The molecule has 8 heteroatoms. The van der Waals surface area contributed by atoms with Gasteiger partial charge < -0.3 is 14.7 Å². The smallest absolute Gasteiger partial charge is 0.407 e. The monoisotopic (exact) mass is 424 g/mol. The number of hydrogen-bond donors (Lipinski definition) is 1. The molecule has 1 aromatic rings. The van der Waals surface area contributed by atoms with E-state index in [0.717, 1.165) is 0 Å². The minimum atomic E-state index is -1.20. The SMILES string of the molecule is CCOC(=O)C(C#N)C1(c2ccc(Cl)c(F)c2)CCN(C(=O)O)C(C(C)(C)C)C1. The van der Waals surface area contributed by atoms with Crippen molar-refractivity contribution in [2.24, 2.45) is 11.3 Å². The van der Waals surface area contributed by atoms with Crippen LogP contribution in [0.5, 0.6) is 0 Å². The highest BCUT2D eigenvalue weighted by atomic mass is 35.5. The Balaban J connectivity index is 2.67. The van der Waals surface area contributed by atoms with Gasteiger partial charge in [0, 0.05) is 18.0 Å². The number of carbonyl (C=O) groups excluding carboxylic acids is 1. The van der Waals surface area contributed by atoms with Crippen LogP contribution in [0.1, 0.15) is 46.1 Å². The minimum absolute atomic E-state index is 0.0658. The molecule has 3 unspecified atom stereocenters. The lowest BCUT2D eigenvalue weighted by atomic mass is 9.60. The van der Waals surface area contributed by atoms with E-state index in [4.69, 9.17) is 16.3 Å². The third kappa shape index (κ3) is 4.48. The van der Waals surface area contributed by atoms with Gasteiger partial charge in [-0.1, -0.05) is 38.4 Å². The Hall–Kier alpha value is -2.33. The van der Waals surface area contributed by atoms with Crippen molar-refractivity contribution < 1.29 is 23.8 Å². The number of piperidine rings is 1. The molecule has 3 atom stereocenters. The molecule has 0 aromatic heterocycles. The number of hydrogen-bond acceptors (Lipinski definition) is 4. The molecule has 0 spiro atoms. The highest BCUT2D eigenvalue weighted by Gasteiger charge is 2.53. The van der Waals surface area contributed by atoms with Gasteiger partial charge in [-0.25, -0.2) is 9.18 Å². The number of carboxylic acid groups (broad SMARTS) is 1. The fourth-order valence-electron chi connectivity index (χ4n) is 4.16. The molecular formula is C21H26ClFN2O4. The Morgan fingerprint density at radius 1 is 1.48 bits per heavy atom. The van der Waals surface area contributed by atoms with E-state index in [-0.39, 0.29) is 31.0 Å². The number of benzene rings is 1. The van der Waals surface area contributed by atoms with Crippen molar-refractivity contribution in [2.45, 2.75) is 52.0 Å². The lowest BCUT2D eigenvalue weighted by molar-refractivity contribution is -0.149. The van der Waals surface area contributed by atoms with Crippen LogP contribution < -0.4 is 0 Å². The molecule has 0 bridgehead atoms. The number of nitrogens with zero attached hydrogens (tertiary/aromatic N) is 2. The van der Waals surface area contributed by atoms with Crippen LogP contribution >= 0.6 is 11.6 Å². The van der Waals surface area contributed by atoms with Crippen LogP contribution in [0.25, 0.3) is 0 Å². The van der Waals surface area contributed by atoms with Crippen LogP contribution in [0.4, 0.5) is 9.18 Å². The molecule has 1 heterocycles. The van der Waals surface area contributed by atoms with Gasteiger partial charge in [0.25, 0.3) is 0 Å². The molecule has 1 amide bonds. The van der Waals surface area contributed by atoms with Gasteiger partial charge in [-0.2, -0.15) is 5.26 Å². The predicted octanol–water partition coefficient (Wildman–Crippen LogP) is 4.61. The normalized spacial score (nSPS) is 23.2. The Morgan fingerprint density at radius 3 is 2.62 bits per heavy atom.